The zero-order chi connectivity index (χ0) is 17.9. The van der Waals surface area contributed by atoms with Crippen molar-refractivity contribution in [2.45, 2.75) is 27.3 Å². The minimum absolute atomic E-state index is 0. The van der Waals surface area contributed by atoms with Gasteiger partial charge in [-0.3, -0.25) is 4.79 Å². The molecular formula is C18H31IN4O2. The van der Waals surface area contributed by atoms with Crippen LogP contribution in [0.5, 0.6) is 5.75 Å². The van der Waals surface area contributed by atoms with Gasteiger partial charge in [-0.15, -0.1) is 24.0 Å². The number of carbonyl (C=O) groups excluding carboxylic acids is 1. The first-order valence-electron chi connectivity index (χ1n) is 8.37. The monoisotopic (exact) mass is 462 g/mol. The Morgan fingerprint density at radius 2 is 1.92 bits per heavy atom. The Bertz CT molecular complexity index is 548. The Labute approximate surface area is 168 Å². The molecule has 25 heavy (non-hydrogen) atoms. The Morgan fingerprint density at radius 1 is 1.24 bits per heavy atom. The minimum Gasteiger partial charge on any atom is -0.493 e. The van der Waals surface area contributed by atoms with Gasteiger partial charge in [-0.25, -0.2) is 4.99 Å². The smallest absolute Gasteiger partial charge is 0.241 e. The molecule has 0 saturated heterocycles. The van der Waals surface area contributed by atoms with Gasteiger partial charge in [0, 0.05) is 26.2 Å². The zero-order valence-corrected chi connectivity index (χ0v) is 18.2. The van der Waals surface area contributed by atoms with Crippen LogP contribution in [-0.2, 0) is 11.3 Å². The van der Waals surface area contributed by atoms with E-state index in [2.05, 4.69) is 29.5 Å². The van der Waals surface area contributed by atoms with Crippen molar-refractivity contribution in [1.29, 1.82) is 0 Å². The largest absolute Gasteiger partial charge is 0.493 e. The van der Waals surface area contributed by atoms with E-state index in [4.69, 9.17) is 4.74 Å². The van der Waals surface area contributed by atoms with Gasteiger partial charge in [0.1, 0.15) is 5.75 Å². The summed E-state index contributed by atoms with van der Waals surface area (Å²) in [5.41, 5.74) is 1.02. The number of halogens is 1. The molecule has 1 amide bonds. The van der Waals surface area contributed by atoms with Crippen LogP contribution in [0.4, 0.5) is 0 Å². The average molecular weight is 462 g/mol. The molecule has 1 rings (SSSR count). The molecule has 0 atom stereocenters. The van der Waals surface area contributed by atoms with E-state index >= 15 is 0 Å². The lowest BCUT2D eigenvalue weighted by Crippen LogP contribution is -2.42. The standard InChI is InChI=1S/C18H30N4O2.HI/c1-6-19-18(21-12-17(23)22(4)5)20-11-15-9-7-8-10-16(15)24-13-14(2)3;/h7-10,14H,6,11-13H2,1-5H3,(H2,19,20,21);1H. The summed E-state index contributed by atoms with van der Waals surface area (Å²) in [5, 5.41) is 6.19. The van der Waals surface area contributed by atoms with Crippen molar-refractivity contribution in [3.8, 4) is 5.75 Å². The number of carbonyl (C=O) groups is 1. The molecule has 1 aromatic carbocycles. The lowest BCUT2D eigenvalue weighted by Gasteiger charge is -2.15. The van der Waals surface area contributed by atoms with Crippen molar-refractivity contribution < 1.29 is 9.53 Å². The summed E-state index contributed by atoms with van der Waals surface area (Å²) in [6.45, 7) is 8.34. The van der Waals surface area contributed by atoms with Crippen LogP contribution in [0.3, 0.4) is 0 Å². The maximum absolute atomic E-state index is 11.7. The third-order valence-corrected chi connectivity index (χ3v) is 3.20. The topological polar surface area (TPSA) is 66.0 Å². The Kier molecular flexibility index (Phi) is 12.0. The van der Waals surface area contributed by atoms with E-state index in [1.165, 1.54) is 0 Å². The molecule has 0 bridgehead atoms. The number of nitrogens with zero attached hydrogens (tertiary/aromatic N) is 2. The molecule has 6 nitrogen and oxygen atoms in total. The summed E-state index contributed by atoms with van der Waals surface area (Å²) in [6, 6.07) is 7.90. The number of aliphatic imine (C=N–C) groups is 1. The molecule has 7 heteroatoms. The molecule has 1 aromatic rings. The van der Waals surface area contributed by atoms with Gasteiger partial charge in [-0.05, 0) is 18.9 Å². The predicted molar refractivity (Wildman–Crippen MR) is 114 cm³/mol. The number of guanidine groups is 1. The van der Waals surface area contributed by atoms with Gasteiger partial charge in [0.15, 0.2) is 5.96 Å². The van der Waals surface area contributed by atoms with Gasteiger partial charge in [0.2, 0.25) is 5.91 Å². The molecular weight excluding hydrogens is 431 g/mol. The van der Waals surface area contributed by atoms with Crippen LogP contribution < -0.4 is 15.4 Å². The fourth-order valence-electron chi connectivity index (χ4n) is 1.86. The number of hydrogen-bond acceptors (Lipinski definition) is 3. The number of hydrogen-bond donors (Lipinski definition) is 2. The van der Waals surface area contributed by atoms with Crippen molar-refractivity contribution in [2.24, 2.45) is 10.9 Å². The van der Waals surface area contributed by atoms with E-state index < -0.39 is 0 Å². The maximum Gasteiger partial charge on any atom is 0.241 e. The molecule has 0 fully saturated rings. The predicted octanol–water partition coefficient (Wildman–Crippen LogP) is 2.48. The summed E-state index contributed by atoms with van der Waals surface area (Å²) in [6.07, 6.45) is 0. The molecule has 0 heterocycles. The van der Waals surface area contributed by atoms with Gasteiger partial charge in [0.25, 0.3) is 0 Å². The van der Waals surface area contributed by atoms with Gasteiger partial charge in [-0.1, -0.05) is 32.0 Å². The normalized spacial score (nSPS) is 10.9. The quantitative estimate of drug-likeness (QED) is 0.354. The zero-order valence-electron chi connectivity index (χ0n) is 15.8. The Balaban J connectivity index is 0.00000576. The van der Waals surface area contributed by atoms with Crippen molar-refractivity contribution in [2.75, 3.05) is 33.8 Å². The third-order valence-electron chi connectivity index (χ3n) is 3.20. The SMILES string of the molecule is CCNC(=NCc1ccccc1OCC(C)C)NCC(=O)N(C)C.I. The van der Waals surface area contributed by atoms with Gasteiger partial charge >= 0.3 is 0 Å². The number of para-hydroxylation sites is 1. The molecule has 142 valence electrons. The first kappa shape index (κ1) is 23.5. The number of rotatable bonds is 8. The first-order chi connectivity index (χ1) is 11.4. The lowest BCUT2D eigenvalue weighted by atomic mass is 10.2. The second-order valence-corrected chi connectivity index (χ2v) is 6.15. The number of benzene rings is 1. The fourth-order valence-corrected chi connectivity index (χ4v) is 1.86. The van der Waals surface area contributed by atoms with Crippen molar-refractivity contribution in [3.05, 3.63) is 29.8 Å². The van der Waals surface area contributed by atoms with Crippen LogP contribution in [0.25, 0.3) is 0 Å². The molecule has 2 N–H and O–H groups in total. The highest BCUT2D eigenvalue weighted by atomic mass is 127. The number of ether oxygens (including phenoxy) is 1. The van der Waals surface area contributed by atoms with Crippen LogP contribution in [0, 0.1) is 5.92 Å². The molecule has 0 unspecified atom stereocenters. The summed E-state index contributed by atoms with van der Waals surface area (Å²) in [5.74, 6) is 1.94. The molecule has 0 aliphatic heterocycles. The minimum atomic E-state index is 0. The van der Waals surface area contributed by atoms with Crippen molar-refractivity contribution >= 4 is 35.8 Å². The van der Waals surface area contributed by atoms with E-state index in [1.807, 2.05) is 31.2 Å². The second kappa shape index (κ2) is 12.8. The lowest BCUT2D eigenvalue weighted by molar-refractivity contribution is -0.127. The van der Waals surface area contributed by atoms with Crippen LogP contribution >= 0.6 is 24.0 Å². The summed E-state index contributed by atoms with van der Waals surface area (Å²) in [7, 11) is 3.47. The summed E-state index contributed by atoms with van der Waals surface area (Å²) < 4.78 is 5.85. The van der Waals surface area contributed by atoms with E-state index in [0.29, 0.717) is 25.0 Å². The molecule has 0 aliphatic rings. The molecule has 0 aliphatic carbocycles. The van der Waals surface area contributed by atoms with Crippen LogP contribution in [0.1, 0.15) is 26.3 Å². The number of nitrogens with one attached hydrogen (secondary N) is 2. The molecule has 0 radical (unpaired) electrons. The van der Waals surface area contributed by atoms with Gasteiger partial charge < -0.3 is 20.3 Å². The van der Waals surface area contributed by atoms with E-state index in [-0.39, 0.29) is 36.4 Å². The highest BCUT2D eigenvalue weighted by molar-refractivity contribution is 14.0. The molecule has 0 aromatic heterocycles. The Morgan fingerprint density at radius 3 is 2.52 bits per heavy atom. The summed E-state index contributed by atoms with van der Waals surface area (Å²) in [4.78, 5) is 17.8. The number of amides is 1. The van der Waals surface area contributed by atoms with Gasteiger partial charge in [-0.2, -0.15) is 0 Å². The van der Waals surface area contributed by atoms with Gasteiger partial charge in [0.05, 0.1) is 19.7 Å². The average Bonchev–Trinajstić information content (AvgIpc) is 2.55. The molecule has 0 spiro atoms. The van der Waals surface area contributed by atoms with Crippen LogP contribution in [0.15, 0.2) is 29.3 Å². The maximum atomic E-state index is 11.7. The summed E-state index contributed by atoms with van der Waals surface area (Å²) >= 11 is 0. The molecule has 0 saturated carbocycles. The highest BCUT2D eigenvalue weighted by Crippen LogP contribution is 2.19. The fraction of sp³-hybridized carbons (Fsp3) is 0.556. The highest BCUT2D eigenvalue weighted by Gasteiger charge is 2.07. The van der Waals surface area contributed by atoms with Crippen molar-refractivity contribution in [3.63, 3.8) is 0 Å². The van der Waals surface area contributed by atoms with E-state index in [0.717, 1.165) is 17.9 Å². The number of likely N-dealkylation sites (N-methyl/N-ethyl adjacent to an activating group) is 1. The van der Waals surface area contributed by atoms with Crippen LogP contribution in [0.2, 0.25) is 0 Å². The third kappa shape index (κ3) is 9.52. The van der Waals surface area contributed by atoms with E-state index in [1.54, 1.807) is 19.0 Å². The van der Waals surface area contributed by atoms with Crippen molar-refractivity contribution in [1.82, 2.24) is 15.5 Å². The second-order valence-electron chi connectivity index (χ2n) is 6.15. The Hall–Kier alpha value is -1.51. The van der Waals surface area contributed by atoms with Crippen LogP contribution in [-0.4, -0.2) is 50.6 Å². The van der Waals surface area contributed by atoms with E-state index in [9.17, 15) is 4.79 Å². The first-order valence-corrected chi connectivity index (χ1v) is 8.37.